The third-order valence-corrected chi connectivity index (χ3v) is 14.2. The van der Waals surface area contributed by atoms with Crippen LogP contribution in [0.15, 0.2) is 247 Å². The molecule has 10 aromatic carbocycles. The van der Waals surface area contributed by atoms with E-state index in [-0.39, 0.29) is 5.41 Å². The van der Waals surface area contributed by atoms with E-state index < -0.39 is 0 Å². The molecule has 13 rings (SSSR count). The number of fused-ring (bicyclic) bond motifs is 6. The van der Waals surface area contributed by atoms with Gasteiger partial charge >= 0.3 is 0 Å². The first-order valence-corrected chi connectivity index (χ1v) is 24.2. The number of nitrogens with zero attached hydrogens (tertiary/aromatic N) is 4. The molecule has 71 heavy (non-hydrogen) atoms. The average Bonchev–Trinajstić information content (AvgIpc) is 3.93. The van der Waals surface area contributed by atoms with Gasteiger partial charge in [-0.05, 0) is 93.0 Å². The lowest BCUT2D eigenvalue weighted by molar-refractivity contribution is 0.660. The van der Waals surface area contributed by atoms with Gasteiger partial charge in [0.05, 0.1) is 11.4 Å². The Kier molecular flexibility index (Phi) is 10.1. The van der Waals surface area contributed by atoms with Crippen LogP contribution < -0.4 is 4.90 Å². The van der Waals surface area contributed by atoms with Crippen LogP contribution in [0.2, 0.25) is 0 Å². The molecular formula is C66H46N4O. The van der Waals surface area contributed by atoms with Gasteiger partial charge < -0.3 is 9.32 Å². The van der Waals surface area contributed by atoms with Crippen LogP contribution in [-0.4, -0.2) is 15.0 Å². The molecule has 2 aromatic heterocycles. The number of hydrogen-bond donors (Lipinski definition) is 0. The van der Waals surface area contributed by atoms with Gasteiger partial charge in [-0.3, -0.25) is 0 Å². The van der Waals surface area contributed by atoms with Crippen molar-refractivity contribution >= 4 is 39.0 Å². The molecule has 0 saturated carbocycles. The SMILES string of the molecule is CC1(C)c2ccccc2-c2c(N(c3ccc(-c4ccccc4)cc3)c3ccc(-c4ccc5oc6cccc(-c7nc(-c8ccccc8)nc(-c8ccccc8)n7)c6c5c4)cc3-c3ccccc3)cccc21. The first kappa shape index (κ1) is 42.0. The van der Waals surface area contributed by atoms with Crippen LogP contribution in [0.25, 0.3) is 101 Å². The summed E-state index contributed by atoms with van der Waals surface area (Å²) in [5, 5.41) is 1.95. The highest BCUT2D eigenvalue weighted by atomic mass is 16.3. The minimum atomic E-state index is -0.162. The normalized spacial score (nSPS) is 12.5. The van der Waals surface area contributed by atoms with Crippen molar-refractivity contribution in [1.82, 2.24) is 15.0 Å². The third kappa shape index (κ3) is 7.29. The van der Waals surface area contributed by atoms with Crippen LogP contribution in [-0.2, 0) is 5.41 Å². The highest BCUT2D eigenvalue weighted by Gasteiger charge is 2.38. The molecule has 0 unspecified atom stereocenters. The van der Waals surface area contributed by atoms with Crippen molar-refractivity contribution in [3.63, 3.8) is 0 Å². The monoisotopic (exact) mass is 910 g/mol. The van der Waals surface area contributed by atoms with E-state index in [9.17, 15) is 0 Å². The number of rotatable bonds is 9. The molecule has 1 aliphatic rings. The van der Waals surface area contributed by atoms with Gasteiger partial charge in [0, 0.05) is 49.7 Å². The predicted molar refractivity (Wildman–Crippen MR) is 292 cm³/mol. The highest BCUT2D eigenvalue weighted by Crippen LogP contribution is 2.55. The zero-order valence-electron chi connectivity index (χ0n) is 39.3. The summed E-state index contributed by atoms with van der Waals surface area (Å²) in [5.74, 6) is 1.81. The van der Waals surface area contributed by atoms with Gasteiger partial charge in [0.15, 0.2) is 17.5 Å². The van der Waals surface area contributed by atoms with Crippen LogP contribution in [0.4, 0.5) is 17.1 Å². The van der Waals surface area contributed by atoms with Crippen molar-refractivity contribution in [2.45, 2.75) is 19.3 Å². The standard InChI is InChI=1S/C66H46N4O/c1-66(2)55-29-16-15-27-51(55)62-56(66)30-18-31-58(62)70(50-37-33-44(34-38-50)43-19-7-3-8-20-43)57-39-35-48(41-53(57)45-21-9-4-10-22-45)49-36-40-59-54(42-49)61-52(28-17-32-60(61)71-59)65-68-63(46-23-11-5-12-24-46)67-64(69-65)47-25-13-6-14-26-47/h3-42H,1-2H3. The topological polar surface area (TPSA) is 55.1 Å². The Balaban J connectivity index is 0.994. The lowest BCUT2D eigenvalue weighted by Gasteiger charge is -2.31. The van der Waals surface area contributed by atoms with Crippen LogP contribution >= 0.6 is 0 Å². The number of hydrogen-bond acceptors (Lipinski definition) is 5. The van der Waals surface area contributed by atoms with Crippen molar-refractivity contribution < 1.29 is 4.42 Å². The van der Waals surface area contributed by atoms with Crippen molar-refractivity contribution in [2.75, 3.05) is 4.90 Å². The molecule has 12 aromatic rings. The first-order chi connectivity index (χ1) is 35.0. The lowest BCUT2D eigenvalue weighted by Crippen LogP contribution is -2.16. The van der Waals surface area contributed by atoms with Gasteiger partial charge in [0.2, 0.25) is 0 Å². The number of aromatic nitrogens is 3. The molecule has 0 spiro atoms. The maximum Gasteiger partial charge on any atom is 0.164 e. The number of anilines is 3. The molecule has 1 aliphatic carbocycles. The van der Waals surface area contributed by atoms with Gasteiger partial charge in [-0.1, -0.05) is 208 Å². The quantitative estimate of drug-likeness (QED) is 0.144. The molecule has 0 radical (unpaired) electrons. The van der Waals surface area contributed by atoms with E-state index in [1.54, 1.807) is 0 Å². The Hall–Kier alpha value is -9.19. The molecule has 0 N–H and O–H groups in total. The van der Waals surface area contributed by atoms with Gasteiger partial charge in [-0.2, -0.15) is 0 Å². The zero-order chi connectivity index (χ0) is 47.5. The van der Waals surface area contributed by atoms with E-state index in [4.69, 9.17) is 19.4 Å². The summed E-state index contributed by atoms with van der Waals surface area (Å²) in [6, 6.07) is 85.9. The third-order valence-electron chi connectivity index (χ3n) is 14.2. The van der Waals surface area contributed by atoms with Crippen molar-refractivity contribution in [3.05, 3.63) is 254 Å². The first-order valence-electron chi connectivity index (χ1n) is 24.2. The van der Waals surface area contributed by atoms with Crippen molar-refractivity contribution in [2.24, 2.45) is 0 Å². The Morgan fingerprint density at radius 3 is 1.56 bits per heavy atom. The minimum Gasteiger partial charge on any atom is -0.456 e. The lowest BCUT2D eigenvalue weighted by atomic mass is 9.82. The van der Waals surface area contributed by atoms with Gasteiger partial charge in [0.25, 0.3) is 0 Å². The molecule has 0 aliphatic heterocycles. The highest BCUT2D eigenvalue weighted by molar-refractivity contribution is 6.13. The summed E-state index contributed by atoms with van der Waals surface area (Å²) in [4.78, 5) is 17.7. The predicted octanol–water partition coefficient (Wildman–Crippen LogP) is 17.5. The second-order valence-electron chi connectivity index (χ2n) is 18.7. The maximum atomic E-state index is 6.61. The summed E-state index contributed by atoms with van der Waals surface area (Å²) in [5.41, 5.74) is 19.4. The average molecular weight is 911 g/mol. The van der Waals surface area contributed by atoms with E-state index in [1.807, 2.05) is 72.8 Å². The Morgan fingerprint density at radius 2 is 0.873 bits per heavy atom. The zero-order valence-corrected chi connectivity index (χ0v) is 39.3. The van der Waals surface area contributed by atoms with Gasteiger partial charge in [0.1, 0.15) is 11.2 Å². The minimum absolute atomic E-state index is 0.162. The van der Waals surface area contributed by atoms with E-state index in [0.717, 1.165) is 77.9 Å². The molecule has 0 bridgehead atoms. The fourth-order valence-corrected chi connectivity index (χ4v) is 10.6. The van der Waals surface area contributed by atoms with E-state index in [1.165, 1.54) is 33.4 Å². The summed E-state index contributed by atoms with van der Waals surface area (Å²) in [7, 11) is 0. The maximum absolute atomic E-state index is 6.61. The summed E-state index contributed by atoms with van der Waals surface area (Å²) < 4.78 is 6.61. The van der Waals surface area contributed by atoms with E-state index in [2.05, 4.69) is 189 Å². The Bertz CT molecular complexity index is 3880. The summed E-state index contributed by atoms with van der Waals surface area (Å²) in [6.07, 6.45) is 0. The van der Waals surface area contributed by atoms with Crippen LogP contribution in [0.5, 0.6) is 0 Å². The summed E-state index contributed by atoms with van der Waals surface area (Å²) in [6.45, 7) is 4.70. The van der Waals surface area contributed by atoms with Gasteiger partial charge in [-0.15, -0.1) is 0 Å². The molecule has 0 amide bonds. The van der Waals surface area contributed by atoms with E-state index >= 15 is 0 Å². The molecule has 0 atom stereocenters. The van der Waals surface area contributed by atoms with Crippen molar-refractivity contribution in [1.29, 1.82) is 0 Å². The number of furan rings is 1. The molecule has 2 heterocycles. The molecular weight excluding hydrogens is 865 g/mol. The molecule has 5 heteroatoms. The fraction of sp³-hybridized carbons (Fsp3) is 0.0455. The number of benzene rings is 10. The second kappa shape index (κ2) is 17.1. The summed E-state index contributed by atoms with van der Waals surface area (Å²) >= 11 is 0. The second-order valence-corrected chi connectivity index (χ2v) is 18.7. The molecule has 0 saturated heterocycles. The molecule has 0 fully saturated rings. The van der Waals surface area contributed by atoms with Crippen molar-refractivity contribution in [3.8, 4) is 78.7 Å². The van der Waals surface area contributed by atoms with Gasteiger partial charge in [-0.25, -0.2) is 15.0 Å². The Morgan fingerprint density at radius 1 is 0.352 bits per heavy atom. The van der Waals surface area contributed by atoms with Crippen LogP contribution in [0.3, 0.4) is 0 Å². The Labute approximate surface area is 413 Å². The fourth-order valence-electron chi connectivity index (χ4n) is 10.6. The smallest absolute Gasteiger partial charge is 0.164 e. The van der Waals surface area contributed by atoms with Crippen LogP contribution in [0.1, 0.15) is 25.0 Å². The molecule has 5 nitrogen and oxygen atoms in total. The largest absolute Gasteiger partial charge is 0.456 e. The van der Waals surface area contributed by atoms with E-state index in [0.29, 0.717) is 17.5 Å². The molecule has 336 valence electrons. The van der Waals surface area contributed by atoms with Crippen LogP contribution in [0, 0.1) is 0 Å².